The Hall–Kier alpha value is -1.80. The summed E-state index contributed by atoms with van der Waals surface area (Å²) < 4.78 is 5.78. The molecule has 0 N–H and O–H groups in total. The largest absolute Gasteiger partial charge is 0.381 e. The van der Waals surface area contributed by atoms with Crippen LogP contribution in [0.5, 0.6) is 0 Å². The summed E-state index contributed by atoms with van der Waals surface area (Å²) in [6, 6.07) is 17.5. The highest BCUT2D eigenvalue weighted by Crippen LogP contribution is 2.38. The third-order valence-corrected chi connectivity index (χ3v) is 4.51. The second-order valence-electron chi connectivity index (χ2n) is 6.26. The summed E-state index contributed by atoms with van der Waals surface area (Å²) in [5, 5.41) is 0. The molecule has 2 aromatic carbocycles. The van der Waals surface area contributed by atoms with Crippen LogP contribution in [-0.2, 0) is 11.2 Å². The number of fused-ring (bicyclic) bond motifs is 2. The van der Waals surface area contributed by atoms with Gasteiger partial charge in [0.15, 0.2) is 0 Å². The van der Waals surface area contributed by atoms with E-state index in [1.807, 2.05) is 0 Å². The Bertz CT molecular complexity index is 577. The van der Waals surface area contributed by atoms with Gasteiger partial charge in [0, 0.05) is 37.6 Å². The van der Waals surface area contributed by atoms with Crippen molar-refractivity contribution in [3.05, 3.63) is 59.7 Å². The van der Waals surface area contributed by atoms with Crippen LogP contribution in [0, 0.1) is 0 Å². The van der Waals surface area contributed by atoms with Gasteiger partial charge in [0.2, 0.25) is 0 Å². The van der Waals surface area contributed by atoms with Crippen LogP contribution < -0.4 is 4.90 Å². The topological polar surface area (TPSA) is 12.5 Å². The molecule has 3 rings (SSSR count). The molecule has 1 aliphatic heterocycles. The molecule has 0 fully saturated rings. The third-order valence-electron chi connectivity index (χ3n) is 4.51. The van der Waals surface area contributed by atoms with Gasteiger partial charge in [0.05, 0.1) is 0 Å². The van der Waals surface area contributed by atoms with E-state index in [9.17, 15) is 0 Å². The lowest BCUT2D eigenvalue weighted by atomic mass is 9.95. The zero-order valence-electron chi connectivity index (χ0n) is 14.1. The number of ether oxygens (including phenoxy) is 1. The number of rotatable bonds is 8. The zero-order chi connectivity index (χ0) is 15.9. The molecule has 23 heavy (non-hydrogen) atoms. The summed E-state index contributed by atoms with van der Waals surface area (Å²) >= 11 is 0. The Balaban J connectivity index is 1.62. The van der Waals surface area contributed by atoms with Crippen molar-refractivity contribution < 1.29 is 4.74 Å². The van der Waals surface area contributed by atoms with Crippen LogP contribution in [0.1, 0.15) is 43.7 Å². The van der Waals surface area contributed by atoms with Crippen molar-refractivity contribution in [3.8, 4) is 0 Å². The first-order valence-electron chi connectivity index (χ1n) is 8.91. The van der Waals surface area contributed by atoms with Gasteiger partial charge < -0.3 is 9.64 Å². The van der Waals surface area contributed by atoms with Gasteiger partial charge in [-0.15, -0.1) is 0 Å². The molecule has 122 valence electrons. The van der Waals surface area contributed by atoms with Crippen molar-refractivity contribution in [1.82, 2.24) is 0 Å². The molecular weight excluding hydrogens is 282 g/mol. The minimum atomic E-state index is 0.852. The van der Waals surface area contributed by atoms with Crippen LogP contribution >= 0.6 is 0 Å². The molecule has 2 nitrogen and oxygen atoms in total. The van der Waals surface area contributed by atoms with Gasteiger partial charge in [-0.25, -0.2) is 0 Å². The maximum atomic E-state index is 5.78. The molecular formula is C21H27NO. The van der Waals surface area contributed by atoms with Crippen LogP contribution in [0.2, 0.25) is 0 Å². The summed E-state index contributed by atoms with van der Waals surface area (Å²) in [4.78, 5) is 2.46. The van der Waals surface area contributed by atoms with Gasteiger partial charge in [0.25, 0.3) is 0 Å². The molecule has 0 amide bonds. The lowest BCUT2D eigenvalue weighted by molar-refractivity contribution is 0.129. The Morgan fingerprint density at radius 2 is 1.43 bits per heavy atom. The predicted octanol–water partition coefficient (Wildman–Crippen LogP) is 5.33. The Labute approximate surface area is 140 Å². The molecule has 0 radical (unpaired) electrons. The van der Waals surface area contributed by atoms with Gasteiger partial charge >= 0.3 is 0 Å². The lowest BCUT2D eigenvalue weighted by Gasteiger charge is -2.33. The van der Waals surface area contributed by atoms with E-state index in [0.717, 1.165) is 32.6 Å². The van der Waals surface area contributed by atoms with Gasteiger partial charge in [-0.1, -0.05) is 56.2 Å². The highest BCUT2D eigenvalue weighted by atomic mass is 16.5. The van der Waals surface area contributed by atoms with Gasteiger partial charge in [-0.05, 0) is 36.1 Å². The second kappa shape index (κ2) is 8.16. The molecule has 0 bridgehead atoms. The number of hydrogen-bond acceptors (Lipinski definition) is 2. The van der Waals surface area contributed by atoms with Crippen molar-refractivity contribution in [1.29, 1.82) is 0 Å². The van der Waals surface area contributed by atoms with Crippen LogP contribution in [0.3, 0.4) is 0 Å². The van der Waals surface area contributed by atoms with Crippen LogP contribution in [0.25, 0.3) is 0 Å². The number of benzene rings is 2. The first-order chi connectivity index (χ1) is 11.4. The standard InChI is InChI=1S/C21H27NO/c1-2-3-8-15-23-16-9-14-22-20-12-6-4-10-18(20)17-19-11-5-7-13-21(19)22/h4-7,10-13H,2-3,8-9,14-17H2,1H3. The molecule has 0 saturated heterocycles. The third kappa shape index (κ3) is 3.94. The fourth-order valence-corrected chi connectivity index (χ4v) is 3.30. The molecule has 2 heteroatoms. The highest BCUT2D eigenvalue weighted by molar-refractivity contribution is 5.74. The fourth-order valence-electron chi connectivity index (χ4n) is 3.30. The minimum absolute atomic E-state index is 0.852. The van der Waals surface area contributed by atoms with E-state index in [-0.39, 0.29) is 0 Å². The van der Waals surface area contributed by atoms with Gasteiger partial charge in [-0.3, -0.25) is 0 Å². The van der Waals surface area contributed by atoms with Crippen molar-refractivity contribution in [2.45, 2.75) is 39.0 Å². The maximum Gasteiger partial charge on any atom is 0.0483 e. The van der Waals surface area contributed by atoms with Crippen molar-refractivity contribution in [2.24, 2.45) is 0 Å². The number of para-hydroxylation sites is 2. The van der Waals surface area contributed by atoms with E-state index < -0.39 is 0 Å². The molecule has 0 atom stereocenters. The summed E-state index contributed by atoms with van der Waals surface area (Å²) in [6.45, 7) is 5.00. The summed E-state index contributed by atoms with van der Waals surface area (Å²) in [5.41, 5.74) is 5.57. The van der Waals surface area contributed by atoms with E-state index in [4.69, 9.17) is 4.74 Å². The molecule has 0 aromatic heterocycles. The quantitative estimate of drug-likeness (QED) is 0.611. The van der Waals surface area contributed by atoms with Crippen LogP contribution in [-0.4, -0.2) is 19.8 Å². The van der Waals surface area contributed by atoms with Gasteiger partial charge in [-0.2, -0.15) is 0 Å². The average molecular weight is 309 g/mol. The monoisotopic (exact) mass is 309 g/mol. The normalized spacial score (nSPS) is 12.8. The zero-order valence-corrected chi connectivity index (χ0v) is 14.1. The smallest absolute Gasteiger partial charge is 0.0483 e. The first-order valence-corrected chi connectivity index (χ1v) is 8.91. The first kappa shape index (κ1) is 16.1. The molecule has 0 unspecified atom stereocenters. The molecule has 1 heterocycles. The molecule has 1 aliphatic rings. The maximum absolute atomic E-state index is 5.78. The molecule has 2 aromatic rings. The molecule has 0 aliphatic carbocycles. The van der Waals surface area contributed by atoms with Crippen LogP contribution in [0.15, 0.2) is 48.5 Å². The average Bonchev–Trinajstić information content (AvgIpc) is 2.60. The number of nitrogens with zero attached hydrogens (tertiary/aromatic N) is 1. The Morgan fingerprint density at radius 3 is 2.09 bits per heavy atom. The molecule has 0 spiro atoms. The van der Waals surface area contributed by atoms with Crippen LogP contribution in [0.4, 0.5) is 11.4 Å². The number of unbranched alkanes of at least 4 members (excludes halogenated alkanes) is 2. The SMILES string of the molecule is CCCCCOCCCN1c2ccccc2Cc2ccccc21. The highest BCUT2D eigenvalue weighted by Gasteiger charge is 2.21. The predicted molar refractivity (Wildman–Crippen MR) is 97.7 cm³/mol. The van der Waals surface area contributed by atoms with E-state index in [1.54, 1.807) is 0 Å². The van der Waals surface area contributed by atoms with Crippen molar-refractivity contribution in [3.63, 3.8) is 0 Å². The van der Waals surface area contributed by atoms with Crippen molar-refractivity contribution in [2.75, 3.05) is 24.7 Å². The number of hydrogen-bond donors (Lipinski definition) is 0. The minimum Gasteiger partial charge on any atom is -0.381 e. The van der Waals surface area contributed by atoms with Gasteiger partial charge in [0.1, 0.15) is 0 Å². The Kier molecular flexibility index (Phi) is 5.71. The fraction of sp³-hybridized carbons (Fsp3) is 0.429. The molecule has 0 saturated carbocycles. The van der Waals surface area contributed by atoms with E-state index in [0.29, 0.717) is 0 Å². The summed E-state index contributed by atoms with van der Waals surface area (Å²) in [5.74, 6) is 0. The van der Waals surface area contributed by atoms with E-state index in [1.165, 1.54) is 41.8 Å². The second-order valence-corrected chi connectivity index (χ2v) is 6.26. The summed E-state index contributed by atoms with van der Waals surface area (Å²) in [6.07, 6.45) is 5.81. The lowest BCUT2D eigenvalue weighted by Crippen LogP contribution is -2.25. The number of anilines is 2. The Morgan fingerprint density at radius 1 is 0.826 bits per heavy atom. The van der Waals surface area contributed by atoms with Crippen molar-refractivity contribution >= 4 is 11.4 Å². The van der Waals surface area contributed by atoms with E-state index >= 15 is 0 Å². The summed E-state index contributed by atoms with van der Waals surface area (Å²) in [7, 11) is 0. The van der Waals surface area contributed by atoms with E-state index in [2.05, 4.69) is 60.4 Å².